The summed E-state index contributed by atoms with van der Waals surface area (Å²) in [4.78, 5) is 30.0. The number of rotatable bonds is 6. The summed E-state index contributed by atoms with van der Waals surface area (Å²) in [6.07, 6.45) is 1.65. The Morgan fingerprint density at radius 2 is 1.79 bits per heavy atom. The van der Waals surface area contributed by atoms with E-state index < -0.39 is 11.2 Å². The van der Waals surface area contributed by atoms with Crippen molar-refractivity contribution in [2.75, 3.05) is 12.5 Å². The van der Waals surface area contributed by atoms with Crippen LogP contribution in [0.4, 0.5) is 5.95 Å². The van der Waals surface area contributed by atoms with Gasteiger partial charge in [0.2, 0.25) is 5.95 Å². The van der Waals surface area contributed by atoms with Crippen LogP contribution in [-0.4, -0.2) is 32.0 Å². The van der Waals surface area contributed by atoms with Gasteiger partial charge >= 0.3 is 5.69 Å². The third-order valence-electron chi connectivity index (χ3n) is 5.68. The second-order valence-electron chi connectivity index (χ2n) is 7.97. The summed E-state index contributed by atoms with van der Waals surface area (Å²) in [5.74, 6) is 1.13. The van der Waals surface area contributed by atoms with Crippen molar-refractivity contribution >= 4 is 23.3 Å². The Bertz CT molecular complexity index is 1480. The number of hydrogen-bond donors (Lipinski definition) is 1. The number of imidazole rings is 1. The number of aromatic nitrogens is 4. The average Bonchev–Trinajstić information content (AvgIpc) is 3.17. The van der Waals surface area contributed by atoms with E-state index in [0.717, 1.165) is 32.6 Å². The molecule has 0 fully saturated rings. The lowest BCUT2D eigenvalue weighted by Crippen LogP contribution is -2.37. The van der Waals surface area contributed by atoms with E-state index in [1.165, 1.54) is 11.6 Å². The molecule has 4 rings (SSSR count). The lowest BCUT2D eigenvalue weighted by atomic mass is 10.1. The molecule has 0 saturated carbocycles. The zero-order valence-electron chi connectivity index (χ0n) is 19.3. The number of nitrogens with zero attached hydrogens (tertiary/aromatic N) is 5. The minimum Gasteiger partial charge on any atom is -0.497 e. The van der Waals surface area contributed by atoms with Gasteiger partial charge in [-0.05, 0) is 54.8 Å². The van der Waals surface area contributed by atoms with E-state index in [0.29, 0.717) is 23.7 Å². The summed E-state index contributed by atoms with van der Waals surface area (Å²) in [5.41, 5.74) is 6.88. The van der Waals surface area contributed by atoms with Crippen molar-refractivity contribution in [1.82, 2.24) is 18.7 Å². The van der Waals surface area contributed by atoms with Gasteiger partial charge in [-0.15, -0.1) is 0 Å². The largest absolute Gasteiger partial charge is 0.497 e. The number of methoxy groups -OCH3 is 1. The lowest BCUT2D eigenvalue weighted by Gasteiger charge is -2.12. The van der Waals surface area contributed by atoms with Crippen molar-refractivity contribution in [1.29, 1.82) is 0 Å². The molecule has 0 unspecified atom stereocenters. The Balaban J connectivity index is 1.81. The van der Waals surface area contributed by atoms with Gasteiger partial charge in [0.05, 0.1) is 19.9 Å². The summed E-state index contributed by atoms with van der Waals surface area (Å²) < 4.78 is 9.40. The van der Waals surface area contributed by atoms with Gasteiger partial charge in [-0.2, -0.15) is 10.1 Å². The van der Waals surface area contributed by atoms with Crippen LogP contribution in [0.2, 0.25) is 0 Å². The van der Waals surface area contributed by atoms with Gasteiger partial charge in [0, 0.05) is 14.1 Å². The summed E-state index contributed by atoms with van der Waals surface area (Å²) in [7, 11) is 4.68. The first-order valence-corrected chi connectivity index (χ1v) is 10.5. The van der Waals surface area contributed by atoms with Crippen LogP contribution in [0, 0.1) is 13.8 Å². The second-order valence-corrected chi connectivity index (χ2v) is 7.97. The number of fused-ring (bicyclic) bond motifs is 1. The maximum absolute atomic E-state index is 13.0. The molecule has 4 aromatic rings. The third kappa shape index (κ3) is 4.17. The third-order valence-corrected chi connectivity index (χ3v) is 5.68. The van der Waals surface area contributed by atoms with Crippen LogP contribution >= 0.6 is 0 Å². The van der Waals surface area contributed by atoms with Gasteiger partial charge in [0.15, 0.2) is 11.2 Å². The summed E-state index contributed by atoms with van der Waals surface area (Å²) in [5, 5.41) is 4.31. The summed E-state index contributed by atoms with van der Waals surface area (Å²) in [6.45, 7) is 4.45. The lowest BCUT2D eigenvalue weighted by molar-refractivity contribution is 0.415. The van der Waals surface area contributed by atoms with Gasteiger partial charge in [-0.1, -0.05) is 23.8 Å². The molecule has 2 aromatic carbocycles. The number of hydrazone groups is 1. The van der Waals surface area contributed by atoms with Gasteiger partial charge in [-0.25, -0.2) is 10.2 Å². The van der Waals surface area contributed by atoms with Gasteiger partial charge in [0.1, 0.15) is 5.75 Å². The highest BCUT2D eigenvalue weighted by molar-refractivity contribution is 5.80. The maximum atomic E-state index is 13.0. The molecule has 0 saturated heterocycles. The SMILES string of the molecule is COc1ccc(/C=N\Nc2nc3c(c(=O)n(C)c(=O)n3C)n2Cc2cc(C)ccc2C)cc1. The minimum atomic E-state index is -0.433. The summed E-state index contributed by atoms with van der Waals surface area (Å²) >= 11 is 0. The fraction of sp³-hybridized carbons (Fsp3) is 0.250. The number of benzene rings is 2. The maximum Gasteiger partial charge on any atom is 0.332 e. The molecule has 0 spiro atoms. The standard InChI is InChI=1S/C24H26N6O3/c1-15-6-7-16(2)18(12-15)14-30-20-21(28(3)24(32)29(4)22(20)31)26-23(30)27-25-13-17-8-10-19(33-5)11-9-17/h6-13H,14H2,1-5H3,(H,26,27)/b25-13-. The molecule has 33 heavy (non-hydrogen) atoms. The van der Waals surface area contributed by atoms with E-state index in [-0.39, 0.29) is 0 Å². The number of nitrogens with one attached hydrogen (secondary N) is 1. The van der Waals surface area contributed by atoms with Crippen molar-refractivity contribution in [3.8, 4) is 5.75 Å². The van der Waals surface area contributed by atoms with Crippen LogP contribution in [0.3, 0.4) is 0 Å². The molecule has 9 heteroatoms. The topological polar surface area (TPSA) is 95.4 Å². The van der Waals surface area contributed by atoms with Crippen molar-refractivity contribution in [3.05, 3.63) is 85.6 Å². The molecule has 170 valence electrons. The first-order chi connectivity index (χ1) is 15.8. The Hall–Kier alpha value is -4.14. The fourth-order valence-electron chi connectivity index (χ4n) is 3.68. The molecule has 0 aliphatic rings. The van der Waals surface area contributed by atoms with Crippen molar-refractivity contribution in [3.63, 3.8) is 0 Å². The van der Waals surface area contributed by atoms with Crippen molar-refractivity contribution < 1.29 is 4.74 Å². The molecular formula is C24H26N6O3. The molecule has 0 atom stereocenters. The van der Waals surface area contributed by atoms with Crippen LogP contribution in [0.5, 0.6) is 5.75 Å². The van der Waals surface area contributed by atoms with Crippen molar-refractivity contribution in [2.24, 2.45) is 19.2 Å². The summed E-state index contributed by atoms with van der Waals surface area (Å²) in [6, 6.07) is 13.6. The second kappa shape index (κ2) is 8.78. The smallest absolute Gasteiger partial charge is 0.332 e. The molecule has 2 aromatic heterocycles. The molecule has 0 aliphatic carbocycles. The normalized spacial score (nSPS) is 11.4. The number of anilines is 1. The molecule has 1 N–H and O–H groups in total. The van der Waals surface area contributed by atoms with Crippen molar-refractivity contribution in [2.45, 2.75) is 20.4 Å². The first kappa shape index (κ1) is 22.1. The Labute approximate surface area is 190 Å². The van der Waals surface area contributed by atoms with Crippen LogP contribution in [0.1, 0.15) is 22.3 Å². The molecule has 9 nitrogen and oxygen atoms in total. The number of ether oxygens (including phenoxy) is 1. The number of aryl methyl sites for hydroxylation is 3. The zero-order valence-corrected chi connectivity index (χ0v) is 19.3. The van der Waals surface area contributed by atoms with Gasteiger partial charge < -0.3 is 4.74 Å². The highest BCUT2D eigenvalue weighted by atomic mass is 16.5. The highest BCUT2D eigenvalue weighted by Crippen LogP contribution is 2.20. The van der Waals surface area contributed by atoms with Gasteiger partial charge in [0.25, 0.3) is 5.56 Å². The van der Waals surface area contributed by atoms with E-state index >= 15 is 0 Å². The Morgan fingerprint density at radius 3 is 2.48 bits per heavy atom. The molecule has 2 heterocycles. The highest BCUT2D eigenvalue weighted by Gasteiger charge is 2.19. The van der Waals surface area contributed by atoms with Crippen LogP contribution < -0.4 is 21.4 Å². The molecule has 0 radical (unpaired) electrons. The molecular weight excluding hydrogens is 420 g/mol. The minimum absolute atomic E-state index is 0.301. The first-order valence-electron chi connectivity index (χ1n) is 10.5. The predicted octanol–water partition coefficient (Wildman–Crippen LogP) is 2.55. The van der Waals surface area contributed by atoms with E-state index in [1.54, 1.807) is 24.9 Å². The predicted molar refractivity (Wildman–Crippen MR) is 129 cm³/mol. The van der Waals surface area contributed by atoms with Crippen LogP contribution in [-0.2, 0) is 20.6 Å². The number of hydrogen-bond acceptors (Lipinski definition) is 6. The van der Waals surface area contributed by atoms with E-state index in [1.807, 2.05) is 50.2 Å². The zero-order chi connectivity index (χ0) is 23.7. The monoisotopic (exact) mass is 446 g/mol. The van der Waals surface area contributed by atoms with E-state index in [2.05, 4.69) is 21.6 Å². The van der Waals surface area contributed by atoms with Crippen LogP contribution in [0.25, 0.3) is 11.2 Å². The Morgan fingerprint density at radius 1 is 1.06 bits per heavy atom. The van der Waals surface area contributed by atoms with Gasteiger partial charge in [-0.3, -0.25) is 18.5 Å². The molecule has 0 amide bonds. The molecule has 0 bridgehead atoms. The Kier molecular flexibility index (Phi) is 5.87. The molecule has 0 aliphatic heterocycles. The van der Waals surface area contributed by atoms with E-state index in [9.17, 15) is 9.59 Å². The fourth-order valence-corrected chi connectivity index (χ4v) is 3.68. The average molecular weight is 447 g/mol. The van der Waals surface area contributed by atoms with E-state index in [4.69, 9.17) is 4.74 Å². The van der Waals surface area contributed by atoms with Crippen LogP contribution in [0.15, 0.2) is 57.2 Å². The quantitative estimate of drug-likeness (QED) is 0.363.